The highest BCUT2D eigenvalue weighted by Crippen LogP contribution is 2.52. The van der Waals surface area contributed by atoms with Gasteiger partial charge in [-0.25, -0.2) is 0 Å². The SMILES string of the molecule is Cc1ccc2c(c1)c1c3ccc(-c4ccc(N(c5ccccc5)c5ccccc5)c5ccccc45)cc3sc1c1sc3cc(C4=CCC(N(C5=CC=CCC5)c5ccccc5)c5ccccc54)ccc3c21. The molecule has 2 heterocycles. The van der Waals surface area contributed by atoms with Crippen molar-refractivity contribution in [2.75, 3.05) is 9.80 Å². The molecule has 2 aromatic heterocycles. The molecule has 0 aliphatic heterocycles. The first-order valence-corrected chi connectivity index (χ1v) is 26.4. The third-order valence-electron chi connectivity index (χ3n) is 14.9. The lowest BCUT2D eigenvalue weighted by molar-refractivity contribution is 0.653. The van der Waals surface area contributed by atoms with Gasteiger partial charge < -0.3 is 9.80 Å². The van der Waals surface area contributed by atoms with Crippen LogP contribution in [0.15, 0.2) is 236 Å². The van der Waals surface area contributed by atoms with Crippen LogP contribution in [-0.4, -0.2) is 0 Å². The summed E-state index contributed by atoms with van der Waals surface area (Å²) in [6.07, 6.45) is 12.4. The Bertz CT molecular complexity index is 4120. The van der Waals surface area contributed by atoms with Gasteiger partial charge in [0.15, 0.2) is 0 Å². The highest BCUT2D eigenvalue weighted by atomic mass is 32.1. The summed E-state index contributed by atoms with van der Waals surface area (Å²) in [4.78, 5) is 4.98. The Balaban J connectivity index is 0.895. The summed E-state index contributed by atoms with van der Waals surface area (Å²) in [5, 5.41) is 10.5. The van der Waals surface area contributed by atoms with Gasteiger partial charge in [-0.05, 0) is 136 Å². The number of hydrogen-bond acceptors (Lipinski definition) is 4. The Morgan fingerprint density at radius 1 is 0.479 bits per heavy atom. The lowest BCUT2D eigenvalue weighted by Crippen LogP contribution is -2.30. The lowest BCUT2D eigenvalue weighted by Gasteiger charge is -2.39. The number of thiophene rings is 2. The van der Waals surface area contributed by atoms with Crippen molar-refractivity contribution in [1.82, 2.24) is 0 Å². The van der Waals surface area contributed by atoms with Gasteiger partial charge in [0.05, 0.1) is 21.1 Å². The third-order valence-corrected chi connectivity index (χ3v) is 17.4. The molecule has 0 fully saturated rings. The van der Waals surface area contributed by atoms with Gasteiger partial charge in [-0.1, -0.05) is 175 Å². The Labute approximate surface area is 422 Å². The molecule has 10 aromatic carbocycles. The fourth-order valence-electron chi connectivity index (χ4n) is 11.7. The smallest absolute Gasteiger partial charge is 0.0629 e. The minimum atomic E-state index is 0.211. The van der Waals surface area contributed by atoms with E-state index in [1.807, 2.05) is 22.7 Å². The van der Waals surface area contributed by atoms with Crippen LogP contribution in [0.2, 0.25) is 0 Å². The molecule has 2 aliphatic carbocycles. The van der Waals surface area contributed by atoms with Crippen molar-refractivity contribution >= 4 is 113 Å². The minimum Gasteiger partial charge on any atom is -0.337 e. The van der Waals surface area contributed by atoms with Crippen molar-refractivity contribution < 1.29 is 0 Å². The van der Waals surface area contributed by atoms with E-state index in [4.69, 9.17) is 0 Å². The van der Waals surface area contributed by atoms with E-state index in [1.54, 1.807) is 0 Å². The largest absolute Gasteiger partial charge is 0.337 e. The zero-order valence-electron chi connectivity index (χ0n) is 39.3. The summed E-state index contributed by atoms with van der Waals surface area (Å²) in [5.74, 6) is 0. The van der Waals surface area contributed by atoms with E-state index in [1.165, 1.54) is 112 Å². The quantitative estimate of drug-likeness (QED) is 0.150. The van der Waals surface area contributed by atoms with Crippen molar-refractivity contribution in [2.24, 2.45) is 0 Å². The molecule has 338 valence electrons. The molecule has 71 heavy (non-hydrogen) atoms. The summed E-state index contributed by atoms with van der Waals surface area (Å²) in [6, 6.07) is 76.9. The fourth-order valence-corrected chi connectivity index (χ4v) is 14.4. The Kier molecular flexibility index (Phi) is 10.1. The van der Waals surface area contributed by atoms with E-state index in [0.29, 0.717) is 0 Å². The average molecular weight is 945 g/mol. The van der Waals surface area contributed by atoms with Gasteiger partial charge in [0.25, 0.3) is 0 Å². The van der Waals surface area contributed by atoms with Gasteiger partial charge in [-0.15, -0.1) is 22.7 Å². The standard InChI is InChI=1S/C67H48N2S2/c1-43-30-33-56-59(40-43)65-58-35-32-45(51-37-39-61(55-29-17-15-27-53(51)55)69(48-22-10-4-11-23-48)49-24-12-5-13-25-49)42-63(58)71-67(65)66-64(56)57-34-31-44(41-62(57)70-66)50-36-38-60(54-28-16-14-26-52(50)54)68(46-18-6-2-7-19-46)47-20-8-3-9-21-47/h2-8,10-20,22-37,39-42,60H,9,21,38H2,1H3. The number of allylic oxidation sites excluding steroid dienone is 4. The summed E-state index contributed by atoms with van der Waals surface area (Å²) in [7, 11) is 0. The minimum absolute atomic E-state index is 0.211. The molecule has 14 rings (SSSR count). The number of benzene rings is 10. The van der Waals surface area contributed by atoms with Crippen molar-refractivity contribution in [3.05, 3.63) is 259 Å². The van der Waals surface area contributed by atoms with Crippen molar-refractivity contribution in [2.45, 2.75) is 32.2 Å². The van der Waals surface area contributed by atoms with Crippen molar-refractivity contribution in [3.63, 3.8) is 0 Å². The van der Waals surface area contributed by atoms with Crippen LogP contribution in [0, 0.1) is 6.92 Å². The molecule has 0 radical (unpaired) electrons. The number of anilines is 4. The normalized spacial score (nSPS) is 14.6. The third kappa shape index (κ3) is 6.96. The van der Waals surface area contributed by atoms with Crippen LogP contribution in [0.3, 0.4) is 0 Å². The highest BCUT2D eigenvalue weighted by molar-refractivity contribution is 7.33. The van der Waals surface area contributed by atoms with Gasteiger partial charge in [-0.3, -0.25) is 0 Å². The van der Waals surface area contributed by atoms with Crippen molar-refractivity contribution in [3.8, 4) is 11.1 Å². The van der Waals surface area contributed by atoms with E-state index in [2.05, 4.69) is 247 Å². The predicted molar refractivity (Wildman–Crippen MR) is 308 cm³/mol. The van der Waals surface area contributed by atoms with E-state index >= 15 is 0 Å². The number of para-hydroxylation sites is 3. The zero-order valence-corrected chi connectivity index (χ0v) is 41.0. The van der Waals surface area contributed by atoms with Gasteiger partial charge in [-0.2, -0.15) is 0 Å². The molecule has 2 nitrogen and oxygen atoms in total. The Morgan fingerprint density at radius 3 is 1.79 bits per heavy atom. The summed E-state index contributed by atoms with van der Waals surface area (Å²) in [5.41, 5.74) is 15.2. The second kappa shape index (κ2) is 17.1. The number of aryl methyl sites for hydroxylation is 1. The van der Waals surface area contributed by atoms with Gasteiger partial charge in [0.1, 0.15) is 0 Å². The number of nitrogens with zero attached hydrogens (tertiary/aromatic N) is 2. The highest BCUT2D eigenvalue weighted by Gasteiger charge is 2.30. The molecule has 0 saturated carbocycles. The molecule has 1 atom stereocenters. The number of hydrogen-bond donors (Lipinski definition) is 0. The maximum Gasteiger partial charge on any atom is 0.0629 e. The van der Waals surface area contributed by atoms with Gasteiger partial charge in [0, 0.05) is 59.1 Å². The maximum absolute atomic E-state index is 2.60. The molecular weight excluding hydrogens is 897 g/mol. The van der Waals surface area contributed by atoms with Crippen LogP contribution in [-0.2, 0) is 0 Å². The van der Waals surface area contributed by atoms with E-state index < -0.39 is 0 Å². The van der Waals surface area contributed by atoms with Gasteiger partial charge in [0.2, 0.25) is 0 Å². The number of rotatable bonds is 8. The van der Waals surface area contributed by atoms with Crippen LogP contribution in [0.1, 0.15) is 47.6 Å². The molecule has 12 aromatic rings. The molecular formula is C67H48N2S2. The molecule has 2 aliphatic rings. The topological polar surface area (TPSA) is 6.48 Å². The molecule has 4 heteroatoms. The molecule has 0 spiro atoms. The van der Waals surface area contributed by atoms with E-state index in [0.717, 1.165) is 36.3 Å². The average Bonchev–Trinajstić information content (AvgIpc) is 4.02. The molecule has 1 unspecified atom stereocenters. The maximum atomic E-state index is 2.60. The van der Waals surface area contributed by atoms with Crippen LogP contribution in [0.5, 0.6) is 0 Å². The first kappa shape index (κ1) is 41.9. The van der Waals surface area contributed by atoms with Crippen LogP contribution >= 0.6 is 22.7 Å². The second-order valence-electron chi connectivity index (χ2n) is 19.1. The van der Waals surface area contributed by atoms with Crippen LogP contribution in [0.25, 0.3) is 78.6 Å². The monoisotopic (exact) mass is 944 g/mol. The number of fused-ring (bicyclic) bond motifs is 12. The Morgan fingerprint density at radius 2 is 1.08 bits per heavy atom. The Hall–Kier alpha value is -8.02. The summed E-state index contributed by atoms with van der Waals surface area (Å²) in [6.45, 7) is 2.23. The summed E-state index contributed by atoms with van der Waals surface area (Å²) >= 11 is 3.92. The lowest BCUT2D eigenvalue weighted by atomic mass is 9.83. The van der Waals surface area contributed by atoms with Crippen LogP contribution in [0.4, 0.5) is 22.7 Å². The second-order valence-corrected chi connectivity index (χ2v) is 21.2. The molecule has 0 bridgehead atoms. The predicted octanol–water partition coefficient (Wildman–Crippen LogP) is 19.8. The first-order chi connectivity index (χ1) is 35.1. The molecule has 0 N–H and O–H groups in total. The van der Waals surface area contributed by atoms with E-state index in [-0.39, 0.29) is 6.04 Å². The van der Waals surface area contributed by atoms with Crippen LogP contribution < -0.4 is 9.80 Å². The van der Waals surface area contributed by atoms with Gasteiger partial charge >= 0.3 is 0 Å². The molecule has 0 saturated heterocycles. The van der Waals surface area contributed by atoms with E-state index in [9.17, 15) is 0 Å². The fraction of sp³-hybridized carbons (Fsp3) is 0.0746. The zero-order chi connectivity index (χ0) is 47.0. The van der Waals surface area contributed by atoms with Crippen molar-refractivity contribution in [1.29, 1.82) is 0 Å². The molecule has 0 amide bonds. The summed E-state index contributed by atoms with van der Waals surface area (Å²) < 4.78 is 5.42. The first-order valence-electron chi connectivity index (χ1n) is 24.8.